The maximum Gasteiger partial charge on any atom is 0.245 e. The number of carbonyl (C=O) groups excluding carboxylic acids is 2. The molecule has 6 heteroatoms. The molecule has 0 radical (unpaired) electrons. The first-order valence-electron chi connectivity index (χ1n) is 6.28. The fourth-order valence-corrected chi connectivity index (χ4v) is 2.31. The summed E-state index contributed by atoms with van der Waals surface area (Å²) in [7, 11) is 0. The highest BCUT2D eigenvalue weighted by Crippen LogP contribution is 2.18. The second kappa shape index (κ2) is 6.02. The van der Waals surface area contributed by atoms with Crippen molar-refractivity contribution < 1.29 is 9.59 Å². The van der Waals surface area contributed by atoms with Gasteiger partial charge in [-0.15, -0.1) is 0 Å². The standard InChI is InChI=1S/C13H16ClN3O2/c1-2-3-11-13(19)17(8-12(18)16-11)7-9-4-5-15-6-10(9)14/h4-6,11H,2-3,7-8H2,1H3,(H,16,18). The van der Waals surface area contributed by atoms with Crippen molar-refractivity contribution >= 4 is 23.4 Å². The number of piperazine rings is 1. The van der Waals surface area contributed by atoms with E-state index >= 15 is 0 Å². The number of hydrogen-bond acceptors (Lipinski definition) is 3. The van der Waals surface area contributed by atoms with E-state index in [1.54, 1.807) is 17.2 Å². The van der Waals surface area contributed by atoms with Crippen LogP contribution in [0.3, 0.4) is 0 Å². The Kier molecular flexibility index (Phi) is 4.37. The van der Waals surface area contributed by atoms with Crippen LogP contribution in [0.4, 0.5) is 0 Å². The van der Waals surface area contributed by atoms with E-state index in [0.717, 1.165) is 12.0 Å². The Bertz CT molecular complexity index is 493. The van der Waals surface area contributed by atoms with Crippen LogP contribution < -0.4 is 5.32 Å². The summed E-state index contributed by atoms with van der Waals surface area (Å²) in [6.07, 6.45) is 4.67. The van der Waals surface area contributed by atoms with Gasteiger partial charge in [0.2, 0.25) is 11.8 Å². The molecule has 0 spiro atoms. The van der Waals surface area contributed by atoms with Gasteiger partial charge < -0.3 is 10.2 Å². The maximum absolute atomic E-state index is 12.2. The van der Waals surface area contributed by atoms with Crippen molar-refractivity contribution in [3.05, 3.63) is 29.0 Å². The Morgan fingerprint density at radius 3 is 3.00 bits per heavy atom. The molecule has 102 valence electrons. The molecule has 1 aromatic heterocycles. The lowest BCUT2D eigenvalue weighted by molar-refractivity contribution is -0.145. The van der Waals surface area contributed by atoms with Crippen LogP contribution in [0, 0.1) is 0 Å². The van der Waals surface area contributed by atoms with Gasteiger partial charge in [0.15, 0.2) is 0 Å². The molecular formula is C13H16ClN3O2. The normalized spacial score (nSPS) is 19.5. The zero-order chi connectivity index (χ0) is 13.8. The molecule has 2 heterocycles. The van der Waals surface area contributed by atoms with Crippen LogP contribution in [0.5, 0.6) is 0 Å². The van der Waals surface area contributed by atoms with Gasteiger partial charge in [0.25, 0.3) is 0 Å². The molecule has 0 saturated carbocycles. The average Bonchev–Trinajstić information content (AvgIpc) is 2.38. The van der Waals surface area contributed by atoms with Crippen molar-refractivity contribution in [1.29, 1.82) is 0 Å². The number of nitrogens with one attached hydrogen (secondary N) is 1. The van der Waals surface area contributed by atoms with Crippen LogP contribution in [0.2, 0.25) is 5.02 Å². The van der Waals surface area contributed by atoms with Gasteiger partial charge in [0.1, 0.15) is 6.04 Å². The van der Waals surface area contributed by atoms with Crippen molar-refractivity contribution in [3.63, 3.8) is 0 Å². The predicted molar refractivity (Wildman–Crippen MR) is 71.5 cm³/mol. The number of aromatic nitrogens is 1. The lowest BCUT2D eigenvalue weighted by Crippen LogP contribution is -2.57. The molecule has 1 aromatic rings. The number of halogens is 1. The summed E-state index contributed by atoms with van der Waals surface area (Å²) in [6, 6.07) is 1.35. The summed E-state index contributed by atoms with van der Waals surface area (Å²) in [5, 5.41) is 3.23. The minimum atomic E-state index is -0.410. The fourth-order valence-electron chi connectivity index (χ4n) is 2.13. The Balaban J connectivity index is 2.12. The molecule has 1 unspecified atom stereocenters. The SMILES string of the molecule is CCCC1NC(=O)CN(Cc2ccncc2Cl)C1=O. The zero-order valence-corrected chi connectivity index (χ0v) is 11.5. The number of hydrogen-bond donors (Lipinski definition) is 1. The van der Waals surface area contributed by atoms with E-state index in [-0.39, 0.29) is 18.4 Å². The third-order valence-corrected chi connectivity index (χ3v) is 3.41. The largest absolute Gasteiger partial charge is 0.343 e. The monoisotopic (exact) mass is 281 g/mol. The van der Waals surface area contributed by atoms with Crippen molar-refractivity contribution in [1.82, 2.24) is 15.2 Å². The summed E-state index contributed by atoms with van der Waals surface area (Å²) in [5.41, 5.74) is 0.801. The maximum atomic E-state index is 12.2. The molecule has 0 bridgehead atoms. The molecule has 1 N–H and O–H groups in total. The van der Waals surface area contributed by atoms with E-state index in [4.69, 9.17) is 11.6 Å². The van der Waals surface area contributed by atoms with Crippen LogP contribution in [0.25, 0.3) is 0 Å². The molecule has 1 saturated heterocycles. The third kappa shape index (κ3) is 3.23. The molecule has 0 aromatic carbocycles. The highest BCUT2D eigenvalue weighted by Gasteiger charge is 2.31. The van der Waals surface area contributed by atoms with Crippen molar-refractivity contribution in [2.75, 3.05) is 6.54 Å². The van der Waals surface area contributed by atoms with Gasteiger partial charge in [-0.1, -0.05) is 24.9 Å². The minimum absolute atomic E-state index is 0.0469. The van der Waals surface area contributed by atoms with Gasteiger partial charge in [-0.05, 0) is 18.1 Å². The lowest BCUT2D eigenvalue weighted by Gasteiger charge is -2.32. The number of carbonyl (C=O) groups is 2. The second-order valence-electron chi connectivity index (χ2n) is 4.57. The smallest absolute Gasteiger partial charge is 0.245 e. The average molecular weight is 282 g/mol. The second-order valence-corrected chi connectivity index (χ2v) is 4.98. The number of nitrogens with zero attached hydrogens (tertiary/aromatic N) is 2. The summed E-state index contributed by atoms with van der Waals surface area (Å²) < 4.78 is 0. The summed E-state index contributed by atoms with van der Waals surface area (Å²) in [4.78, 5) is 29.3. The van der Waals surface area contributed by atoms with Crippen molar-refractivity contribution in [2.45, 2.75) is 32.4 Å². The summed E-state index contributed by atoms with van der Waals surface area (Å²) in [5.74, 6) is -0.169. The molecule has 5 nitrogen and oxygen atoms in total. The van der Waals surface area contributed by atoms with E-state index in [0.29, 0.717) is 18.0 Å². The van der Waals surface area contributed by atoms with Gasteiger partial charge in [0.05, 0.1) is 11.6 Å². The minimum Gasteiger partial charge on any atom is -0.343 e. The lowest BCUT2D eigenvalue weighted by atomic mass is 10.1. The first-order valence-corrected chi connectivity index (χ1v) is 6.66. The third-order valence-electron chi connectivity index (χ3n) is 3.07. The highest BCUT2D eigenvalue weighted by molar-refractivity contribution is 6.31. The molecule has 1 aliphatic rings. The van der Waals surface area contributed by atoms with Gasteiger partial charge in [-0.3, -0.25) is 14.6 Å². The van der Waals surface area contributed by atoms with E-state index in [1.165, 1.54) is 6.20 Å². The molecule has 1 fully saturated rings. The molecule has 19 heavy (non-hydrogen) atoms. The van der Waals surface area contributed by atoms with Gasteiger partial charge >= 0.3 is 0 Å². The first-order chi connectivity index (χ1) is 9.11. The molecule has 2 rings (SSSR count). The Hall–Kier alpha value is -1.62. The Morgan fingerprint density at radius 2 is 2.32 bits per heavy atom. The van der Waals surface area contributed by atoms with Gasteiger partial charge in [-0.25, -0.2) is 0 Å². The topological polar surface area (TPSA) is 62.3 Å². The molecule has 1 aliphatic heterocycles. The van der Waals surface area contributed by atoms with E-state index in [1.807, 2.05) is 6.92 Å². The highest BCUT2D eigenvalue weighted by atomic mass is 35.5. The quantitative estimate of drug-likeness (QED) is 0.906. The summed E-state index contributed by atoms with van der Waals surface area (Å²) in [6.45, 7) is 2.41. The number of amides is 2. The first kappa shape index (κ1) is 13.8. The van der Waals surface area contributed by atoms with Crippen LogP contribution in [-0.2, 0) is 16.1 Å². The van der Waals surface area contributed by atoms with Crippen LogP contribution >= 0.6 is 11.6 Å². The molecular weight excluding hydrogens is 266 g/mol. The van der Waals surface area contributed by atoms with Crippen LogP contribution in [0.1, 0.15) is 25.3 Å². The summed E-state index contributed by atoms with van der Waals surface area (Å²) >= 11 is 6.02. The number of pyridine rings is 1. The number of rotatable bonds is 4. The Morgan fingerprint density at radius 1 is 1.53 bits per heavy atom. The molecule has 0 aliphatic carbocycles. The molecule has 2 amide bonds. The predicted octanol–water partition coefficient (Wildman–Crippen LogP) is 1.36. The van der Waals surface area contributed by atoms with Gasteiger partial charge in [-0.2, -0.15) is 0 Å². The fraction of sp³-hybridized carbons (Fsp3) is 0.462. The van der Waals surface area contributed by atoms with Crippen LogP contribution in [0.15, 0.2) is 18.5 Å². The Labute approximate surface area is 117 Å². The van der Waals surface area contributed by atoms with Gasteiger partial charge in [0, 0.05) is 18.9 Å². The van der Waals surface area contributed by atoms with Crippen LogP contribution in [-0.4, -0.2) is 34.3 Å². The van der Waals surface area contributed by atoms with E-state index in [2.05, 4.69) is 10.3 Å². The van der Waals surface area contributed by atoms with E-state index in [9.17, 15) is 9.59 Å². The van der Waals surface area contributed by atoms with Crippen molar-refractivity contribution in [3.8, 4) is 0 Å². The van der Waals surface area contributed by atoms with E-state index < -0.39 is 6.04 Å². The zero-order valence-electron chi connectivity index (χ0n) is 10.7. The van der Waals surface area contributed by atoms with Crippen molar-refractivity contribution in [2.24, 2.45) is 0 Å². The molecule has 1 atom stereocenters.